The number of carbonyl (C=O) groups excluding carboxylic acids is 2. The van der Waals surface area contributed by atoms with Crippen molar-refractivity contribution < 1.29 is 37.8 Å². The van der Waals surface area contributed by atoms with Crippen molar-refractivity contribution in [1.29, 1.82) is 5.41 Å². The number of nitrogens with one attached hydrogen (secondary N) is 3. The first-order valence-electron chi connectivity index (χ1n) is 11.5. The van der Waals surface area contributed by atoms with Gasteiger partial charge in [-0.25, -0.2) is 8.42 Å². The number of nitrogen functional groups attached to an aromatic ring is 1. The Kier molecular flexibility index (Phi) is 10.9. The zero-order valence-electron chi connectivity index (χ0n) is 21.0. The van der Waals surface area contributed by atoms with Crippen LogP contribution in [-0.4, -0.2) is 91.9 Å². The Morgan fingerprint density at radius 2 is 1.64 bits per heavy atom. The topological polar surface area (TPSA) is 223 Å². The molecule has 0 saturated carbocycles. The zero-order valence-corrected chi connectivity index (χ0v) is 21.8. The lowest BCUT2D eigenvalue weighted by molar-refractivity contribution is -0.139. The summed E-state index contributed by atoms with van der Waals surface area (Å²) in [5.41, 5.74) is 6.80. The van der Waals surface area contributed by atoms with Crippen LogP contribution in [-0.2, 0) is 29.2 Å². The number of carboxylic acid groups (broad SMARTS) is 2. The minimum Gasteiger partial charge on any atom is -0.481 e. The monoisotopic (exact) mass is 562 g/mol. The normalized spacial score (nSPS) is 14.0. The molecule has 1 fully saturated rings. The van der Waals surface area contributed by atoms with Crippen LogP contribution in [0.15, 0.2) is 59.5 Å². The molecule has 1 aliphatic rings. The molecule has 2 aromatic carbocycles. The Balaban J connectivity index is 0.00000124. The van der Waals surface area contributed by atoms with Crippen molar-refractivity contribution in [3.8, 4) is 0 Å². The number of rotatable bonds is 10. The quantitative estimate of drug-likeness (QED) is 0.157. The third kappa shape index (κ3) is 9.71. The molecule has 0 aliphatic carbocycles. The van der Waals surface area contributed by atoms with E-state index in [0.29, 0.717) is 12.1 Å². The van der Waals surface area contributed by atoms with E-state index in [1.807, 2.05) is 4.90 Å². The van der Waals surface area contributed by atoms with Crippen molar-refractivity contribution in [3.63, 3.8) is 0 Å². The molecule has 1 heterocycles. The average Bonchev–Trinajstić information content (AvgIpc) is 2.88. The SMILES string of the molecule is CC(=O)O.N=C(N)c1ccc(N2CCN(CC(=O)NC[C@H](NS(=O)(=O)c3ccccc3)C(=O)O)C(=O)C2)cc1. The van der Waals surface area contributed by atoms with Gasteiger partial charge in [-0.3, -0.25) is 24.6 Å². The summed E-state index contributed by atoms with van der Waals surface area (Å²) >= 11 is 0. The van der Waals surface area contributed by atoms with Crippen molar-refractivity contribution in [3.05, 3.63) is 60.2 Å². The van der Waals surface area contributed by atoms with E-state index in [-0.39, 0.29) is 36.3 Å². The first-order chi connectivity index (χ1) is 18.3. The predicted octanol–water partition coefficient (Wildman–Crippen LogP) is -0.742. The molecule has 210 valence electrons. The molecule has 0 spiro atoms. The zero-order chi connectivity index (χ0) is 29.2. The number of amidine groups is 1. The van der Waals surface area contributed by atoms with Gasteiger partial charge in [0.1, 0.15) is 11.9 Å². The number of hydrogen-bond donors (Lipinski definition) is 6. The third-order valence-electron chi connectivity index (χ3n) is 5.35. The third-order valence-corrected chi connectivity index (χ3v) is 6.84. The predicted molar refractivity (Wildman–Crippen MR) is 141 cm³/mol. The van der Waals surface area contributed by atoms with E-state index < -0.39 is 40.5 Å². The van der Waals surface area contributed by atoms with Crippen LogP contribution < -0.4 is 20.7 Å². The van der Waals surface area contributed by atoms with Gasteiger partial charge in [0.25, 0.3) is 5.97 Å². The van der Waals surface area contributed by atoms with Crippen LogP contribution in [0.25, 0.3) is 0 Å². The molecule has 0 aromatic heterocycles. The maximum Gasteiger partial charge on any atom is 0.323 e. The van der Waals surface area contributed by atoms with E-state index in [1.54, 1.807) is 30.3 Å². The van der Waals surface area contributed by atoms with Crippen molar-refractivity contribution >= 4 is 45.3 Å². The summed E-state index contributed by atoms with van der Waals surface area (Å²) in [5.74, 6) is -3.24. The molecule has 14 nitrogen and oxygen atoms in total. The largest absolute Gasteiger partial charge is 0.481 e. The van der Waals surface area contributed by atoms with Crippen LogP contribution in [0.1, 0.15) is 12.5 Å². The van der Waals surface area contributed by atoms with E-state index in [2.05, 4.69) is 10.0 Å². The van der Waals surface area contributed by atoms with Gasteiger partial charge in [-0.15, -0.1) is 0 Å². The second-order valence-corrected chi connectivity index (χ2v) is 10.1. The fourth-order valence-corrected chi connectivity index (χ4v) is 4.64. The Bertz CT molecular complexity index is 1300. The van der Waals surface area contributed by atoms with Gasteiger partial charge in [0.15, 0.2) is 0 Å². The first kappa shape index (κ1) is 30.7. The highest BCUT2D eigenvalue weighted by Gasteiger charge is 2.28. The molecule has 39 heavy (non-hydrogen) atoms. The Morgan fingerprint density at radius 3 is 2.15 bits per heavy atom. The summed E-state index contributed by atoms with van der Waals surface area (Å²) in [6, 6.07) is 12.6. The molecule has 0 radical (unpaired) electrons. The van der Waals surface area contributed by atoms with Crippen molar-refractivity contribution in [2.24, 2.45) is 5.73 Å². The molecule has 2 amide bonds. The second kappa shape index (κ2) is 13.9. The minimum absolute atomic E-state index is 0.0430. The van der Waals surface area contributed by atoms with Crippen molar-refractivity contribution in [1.82, 2.24) is 14.9 Å². The Labute approximate surface area is 225 Å². The molecule has 1 aliphatic heterocycles. The van der Waals surface area contributed by atoms with E-state index in [4.69, 9.17) is 21.0 Å². The number of sulfonamides is 1. The number of hydrogen-bond acceptors (Lipinski definition) is 8. The molecule has 7 N–H and O–H groups in total. The number of aliphatic carboxylic acids is 2. The highest BCUT2D eigenvalue weighted by Crippen LogP contribution is 2.18. The van der Waals surface area contributed by atoms with Gasteiger partial charge < -0.3 is 31.1 Å². The second-order valence-electron chi connectivity index (χ2n) is 8.35. The maximum atomic E-state index is 12.5. The van der Waals surface area contributed by atoms with Gasteiger partial charge >= 0.3 is 5.97 Å². The van der Waals surface area contributed by atoms with Crippen LogP contribution in [0.2, 0.25) is 0 Å². The Hall–Kier alpha value is -4.50. The molecule has 2 aromatic rings. The summed E-state index contributed by atoms with van der Waals surface area (Å²) in [7, 11) is -4.10. The van der Waals surface area contributed by atoms with Gasteiger partial charge in [-0.05, 0) is 36.4 Å². The van der Waals surface area contributed by atoms with E-state index in [9.17, 15) is 27.9 Å². The molecule has 3 rings (SSSR count). The van der Waals surface area contributed by atoms with Crippen LogP contribution in [0.5, 0.6) is 0 Å². The summed E-state index contributed by atoms with van der Waals surface area (Å²) in [5, 5.41) is 26.6. The van der Waals surface area contributed by atoms with Crippen LogP contribution >= 0.6 is 0 Å². The van der Waals surface area contributed by atoms with E-state index >= 15 is 0 Å². The molecule has 15 heteroatoms. The summed E-state index contributed by atoms with van der Waals surface area (Å²) < 4.78 is 26.8. The van der Waals surface area contributed by atoms with Gasteiger partial charge in [0.05, 0.1) is 18.0 Å². The summed E-state index contributed by atoms with van der Waals surface area (Å²) in [4.78, 5) is 48.5. The fraction of sp³-hybridized carbons (Fsp3) is 0.292. The minimum atomic E-state index is -4.10. The number of amides is 2. The molecular formula is C24H30N6O8S. The standard InChI is InChI=1S/C22H26N6O6S.C2H4O2/c23-21(24)15-6-8-16(9-7-15)27-10-11-28(20(30)14-27)13-19(29)25-12-18(22(31)32)26-35(33,34)17-4-2-1-3-5-17;1-2(3)4/h1-9,18,26H,10-14H2,(H3,23,24)(H,25,29)(H,31,32);1H3,(H,3,4)/t18-;/m0./s1. The first-order valence-corrected chi connectivity index (χ1v) is 13.0. The molecule has 1 atom stereocenters. The molecule has 0 unspecified atom stereocenters. The number of carbonyl (C=O) groups is 4. The summed E-state index contributed by atoms with van der Waals surface area (Å²) in [6.45, 7) is 1.09. The highest BCUT2D eigenvalue weighted by molar-refractivity contribution is 7.89. The van der Waals surface area contributed by atoms with E-state index in [1.165, 1.54) is 29.2 Å². The van der Waals surface area contributed by atoms with Crippen molar-refractivity contribution in [2.45, 2.75) is 17.9 Å². The lowest BCUT2D eigenvalue weighted by atomic mass is 10.1. The number of anilines is 1. The van der Waals surface area contributed by atoms with Crippen LogP contribution in [0, 0.1) is 5.41 Å². The molecule has 1 saturated heterocycles. The number of nitrogens with zero attached hydrogens (tertiary/aromatic N) is 2. The smallest absolute Gasteiger partial charge is 0.323 e. The Morgan fingerprint density at radius 1 is 1.05 bits per heavy atom. The number of nitrogens with two attached hydrogens (primary N) is 1. The highest BCUT2D eigenvalue weighted by atomic mass is 32.2. The average molecular weight is 563 g/mol. The van der Waals surface area contributed by atoms with E-state index in [0.717, 1.165) is 12.6 Å². The molecule has 0 bridgehead atoms. The number of carboxylic acids is 2. The lowest BCUT2D eigenvalue weighted by Crippen LogP contribution is -2.54. The summed E-state index contributed by atoms with van der Waals surface area (Å²) in [6.07, 6.45) is 0. The maximum absolute atomic E-state index is 12.5. The molecular weight excluding hydrogens is 532 g/mol. The number of benzene rings is 2. The van der Waals surface area contributed by atoms with Gasteiger partial charge in [0, 0.05) is 37.8 Å². The van der Waals surface area contributed by atoms with Crippen molar-refractivity contribution in [2.75, 3.05) is 37.6 Å². The van der Waals surface area contributed by atoms with Crippen LogP contribution in [0.3, 0.4) is 0 Å². The lowest BCUT2D eigenvalue weighted by Gasteiger charge is -2.35. The fourth-order valence-electron chi connectivity index (χ4n) is 3.43. The van der Waals surface area contributed by atoms with Crippen LogP contribution in [0.4, 0.5) is 5.69 Å². The number of piperazine rings is 1. The van der Waals surface area contributed by atoms with Gasteiger partial charge in [0.2, 0.25) is 21.8 Å². The van der Waals surface area contributed by atoms with Gasteiger partial charge in [-0.2, -0.15) is 4.72 Å². The van der Waals surface area contributed by atoms with Gasteiger partial charge in [-0.1, -0.05) is 18.2 Å².